The molecule has 96 valence electrons. The first-order valence-electron chi connectivity index (χ1n) is 6.39. The van der Waals surface area contributed by atoms with E-state index in [0.717, 1.165) is 31.0 Å². The average molecular weight is 265 g/mol. The molecule has 2 aliphatic rings. The Kier molecular flexibility index (Phi) is 3.27. The van der Waals surface area contributed by atoms with Crippen LogP contribution in [0.3, 0.4) is 0 Å². The molecule has 1 fully saturated rings. The molecular weight excluding hydrogens is 248 g/mol. The number of fused-ring (bicyclic) bond motifs is 1. The van der Waals surface area contributed by atoms with Crippen LogP contribution in [0.4, 0.5) is 0 Å². The highest BCUT2D eigenvalue weighted by Crippen LogP contribution is 2.40. The fourth-order valence-corrected chi connectivity index (χ4v) is 3.14. The van der Waals surface area contributed by atoms with Crippen molar-refractivity contribution in [1.29, 1.82) is 0 Å². The maximum absolute atomic E-state index is 5.96. The van der Waals surface area contributed by atoms with Crippen molar-refractivity contribution in [2.45, 2.75) is 12.8 Å². The molecule has 1 aliphatic carbocycles. The molecule has 18 heavy (non-hydrogen) atoms. The van der Waals surface area contributed by atoms with Gasteiger partial charge in [0, 0.05) is 12.7 Å². The third kappa shape index (κ3) is 2.13. The van der Waals surface area contributed by atoms with Gasteiger partial charge in [-0.1, -0.05) is 17.7 Å². The fraction of sp³-hybridized carbons (Fsp3) is 0.500. The molecule has 0 spiro atoms. The lowest BCUT2D eigenvalue weighted by Gasteiger charge is -2.25. The van der Waals surface area contributed by atoms with Crippen molar-refractivity contribution >= 4 is 17.2 Å². The van der Waals surface area contributed by atoms with Crippen molar-refractivity contribution in [1.82, 2.24) is 10.3 Å². The fourth-order valence-electron chi connectivity index (χ4n) is 2.96. The first-order valence-corrected chi connectivity index (χ1v) is 6.77. The van der Waals surface area contributed by atoms with Gasteiger partial charge in [0.1, 0.15) is 0 Å². The van der Waals surface area contributed by atoms with Crippen LogP contribution in [0.25, 0.3) is 5.57 Å². The van der Waals surface area contributed by atoms with Gasteiger partial charge in [0.25, 0.3) is 0 Å². The minimum atomic E-state index is 0.430. The molecule has 2 atom stereocenters. The lowest BCUT2D eigenvalue weighted by molar-refractivity contribution is 0.323. The first kappa shape index (κ1) is 12.0. The molecule has 3 rings (SSSR count). The molecule has 4 heteroatoms. The molecule has 1 saturated heterocycles. The highest BCUT2D eigenvalue weighted by Gasteiger charge is 2.30. The van der Waals surface area contributed by atoms with Crippen LogP contribution in [0.5, 0.6) is 5.75 Å². The van der Waals surface area contributed by atoms with Crippen molar-refractivity contribution in [2.24, 2.45) is 11.8 Å². The van der Waals surface area contributed by atoms with Gasteiger partial charge in [0.2, 0.25) is 0 Å². The number of rotatable bonds is 2. The third-order valence-electron chi connectivity index (χ3n) is 3.97. The lowest BCUT2D eigenvalue weighted by Crippen LogP contribution is -2.33. The minimum Gasteiger partial charge on any atom is -0.494 e. The maximum Gasteiger partial charge on any atom is 0.171 e. The zero-order valence-corrected chi connectivity index (χ0v) is 11.2. The number of methoxy groups -OCH3 is 1. The van der Waals surface area contributed by atoms with E-state index < -0.39 is 0 Å². The van der Waals surface area contributed by atoms with E-state index in [4.69, 9.17) is 16.3 Å². The molecule has 0 radical (unpaired) electrons. The molecule has 1 aromatic rings. The number of hydrogen-bond acceptors (Lipinski definition) is 3. The predicted molar refractivity (Wildman–Crippen MR) is 72.9 cm³/mol. The van der Waals surface area contributed by atoms with Crippen molar-refractivity contribution in [3.63, 3.8) is 0 Å². The Morgan fingerprint density at radius 1 is 1.50 bits per heavy atom. The second-order valence-corrected chi connectivity index (χ2v) is 5.39. The van der Waals surface area contributed by atoms with Gasteiger partial charge in [0.15, 0.2) is 10.9 Å². The summed E-state index contributed by atoms with van der Waals surface area (Å²) in [6.07, 6.45) is 6.66. The van der Waals surface area contributed by atoms with E-state index in [2.05, 4.69) is 16.4 Å². The number of pyridine rings is 1. The second kappa shape index (κ2) is 4.90. The number of hydrogen-bond donors (Lipinski definition) is 1. The number of allylic oxidation sites excluding steroid dienone is 1. The predicted octanol–water partition coefficient (Wildman–Crippen LogP) is 2.76. The van der Waals surface area contributed by atoms with Crippen LogP contribution >= 0.6 is 11.6 Å². The van der Waals surface area contributed by atoms with Gasteiger partial charge in [-0.15, -0.1) is 0 Å². The average Bonchev–Trinajstić information content (AvgIpc) is 2.83. The van der Waals surface area contributed by atoms with Crippen LogP contribution in [0.1, 0.15) is 18.4 Å². The number of halogens is 1. The number of aromatic nitrogens is 1. The van der Waals surface area contributed by atoms with Gasteiger partial charge in [-0.2, -0.15) is 0 Å². The maximum atomic E-state index is 5.96. The van der Waals surface area contributed by atoms with Crippen LogP contribution in [-0.4, -0.2) is 25.2 Å². The first-order chi connectivity index (χ1) is 8.78. The summed E-state index contributed by atoms with van der Waals surface area (Å²) in [7, 11) is 1.62. The molecule has 3 nitrogen and oxygen atoms in total. The highest BCUT2D eigenvalue weighted by molar-refractivity contribution is 6.30. The molecule has 0 bridgehead atoms. The molecule has 2 heterocycles. The Bertz CT molecular complexity index is 487. The van der Waals surface area contributed by atoms with E-state index >= 15 is 0 Å². The van der Waals surface area contributed by atoms with Gasteiger partial charge in [-0.25, -0.2) is 4.98 Å². The van der Waals surface area contributed by atoms with E-state index in [1.165, 1.54) is 12.0 Å². The van der Waals surface area contributed by atoms with E-state index in [-0.39, 0.29) is 0 Å². The number of nitrogens with zero attached hydrogens (tertiary/aromatic N) is 1. The summed E-state index contributed by atoms with van der Waals surface area (Å²) in [6, 6.07) is 1.99. The van der Waals surface area contributed by atoms with Gasteiger partial charge in [-0.3, -0.25) is 0 Å². The highest BCUT2D eigenvalue weighted by atomic mass is 35.5. The standard InChI is InChI=1S/C14H17ClN2O/c1-18-13-6-12(8-17-14(13)15)10-4-9-2-3-16-7-11(9)5-10/h5-6,8-9,11,16H,2-4,7H2,1H3/t9-,11+/m0/s1. The zero-order valence-electron chi connectivity index (χ0n) is 10.4. The largest absolute Gasteiger partial charge is 0.494 e. The van der Waals surface area contributed by atoms with Crippen LogP contribution in [0.15, 0.2) is 18.3 Å². The van der Waals surface area contributed by atoms with Crippen molar-refractivity contribution in [2.75, 3.05) is 20.2 Å². The second-order valence-electron chi connectivity index (χ2n) is 5.03. The molecule has 0 unspecified atom stereocenters. The quantitative estimate of drug-likeness (QED) is 0.834. The summed E-state index contributed by atoms with van der Waals surface area (Å²) < 4.78 is 5.23. The summed E-state index contributed by atoms with van der Waals surface area (Å²) in [6.45, 7) is 2.25. The Morgan fingerprint density at radius 3 is 3.17 bits per heavy atom. The third-order valence-corrected chi connectivity index (χ3v) is 4.26. The van der Waals surface area contributed by atoms with Gasteiger partial charge >= 0.3 is 0 Å². The number of ether oxygens (including phenoxy) is 1. The molecule has 0 saturated carbocycles. The monoisotopic (exact) mass is 264 g/mol. The Labute approximate surface area is 112 Å². The van der Waals surface area contributed by atoms with E-state index in [9.17, 15) is 0 Å². The zero-order chi connectivity index (χ0) is 12.5. The summed E-state index contributed by atoms with van der Waals surface area (Å²) in [5, 5.41) is 3.88. The molecule has 1 aromatic heterocycles. The molecular formula is C14H17ClN2O. The minimum absolute atomic E-state index is 0.430. The molecule has 1 N–H and O–H groups in total. The summed E-state index contributed by atoms with van der Waals surface area (Å²) in [5.74, 6) is 2.13. The van der Waals surface area contributed by atoms with Crippen molar-refractivity contribution < 1.29 is 4.74 Å². The summed E-state index contributed by atoms with van der Waals surface area (Å²) >= 11 is 5.96. The van der Waals surface area contributed by atoms with E-state index in [1.54, 1.807) is 7.11 Å². The van der Waals surface area contributed by atoms with E-state index in [1.807, 2.05) is 12.3 Å². The summed E-state index contributed by atoms with van der Waals surface area (Å²) in [4.78, 5) is 4.20. The lowest BCUT2D eigenvalue weighted by atomic mass is 9.89. The molecule has 0 amide bonds. The molecule has 0 aromatic carbocycles. The van der Waals surface area contributed by atoms with Gasteiger partial charge in [-0.05, 0) is 48.4 Å². The normalized spacial score (nSPS) is 26.7. The van der Waals surface area contributed by atoms with Crippen LogP contribution < -0.4 is 10.1 Å². The summed E-state index contributed by atoms with van der Waals surface area (Å²) in [5.41, 5.74) is 2.53. The van der Waals surface area contributed by atoms with Gasteiger partial charge < -0.3 is 10.1 Å². The molecule has 1 aliphatic heterocycles. The topological polar surface area (TPSA) is 34.1 Å². The van der Waals surface area contributed by atoms with Crippen molar-refractivity contribution in [3.05, 3.63) is 29.1 Å². The van der Waals surface area contributed by atoms with Gasteiger partial charge in [0.05, 0.1) is 7.11 Å². The SMILES string of the molecule is COc1cc(C2=C[C@@H]3CNCC[C@H]3C2)cnc1Cl. The Morgan fingerprint density at radius 2 is 2.39 bits per heavy atom. The van der Waals surface area contributed by atoms with Crippen LogP contribution in [0, 0.1) is 11.8 Å². The number of piperidine rings is 1. The van der Waals surface area contributed by atoms with Crippen molar-refractivity contribution in [3.8, 4) is 5.75 Å². The van der Waals surface area contributed by atoms with E-state index in [0.29, 0.717) is 16.8 Å². The van der Waals surface area contributed by atoms with Crippen LogP contribution in [-0.2, 0) is 0 Å². The van der Waals surface area contributed by atoms with Crippen LogP contribution in [0.2, 0.25) is 5.15 Å². The number of nitrogens with one attached hydrogen (secondary N) is 1. The smallest absolute Gasteiger partial charge is 0.171 e. The Hall–Kier alpha value is -1.06. The Balaban J connectivity index is 1.87.